The highest BCUT2D eigenvalue weighted by molar-refractivity contribution is 14.1. The molecule has 1 saturated carbocycles. The summed E-state index contributed by atoms with van der Waals surface area (Å²) in [7, 11) is -4.02. The largest absolute Gasteiger partial charge is 0.349 e. The van der Waals surface area contributed by atoms with Crippen LogP contribution in [0.2, 0.25) is 0 Å². The van der Waals surface area contributed by atoms with Crippen LogP contribution in [0.15, 0.2) is 30.3 Å². The Morgan fingerprint density at radius 1 is 0.879 bits per heavy atom. The van der Waals surface area contributed by atoms with Gasteiger partial charge >= 0.3 is 10.2 Å². The normalized spacial score (nSPS) is 18.9. The van der Waals surface area contributed by atoms with E-state index < -0.39 is 33.3 Å². The van der Waals surface area contributed by atoms with Crippen LogP contribution in [0.4, 0.5) is 30.2 Å². The summed E-state index contributed by atoms with van der Waals surface area (Å²) >= 11 is 1.93. The van der Waals surface area contributed by atoms with Gasteiger partial charge in [-0.1, -0.05) is 19.3 Å². The molecule has 6 nitrogen and oxygen atoms in total. The van der Waals surface area contributed by atoms with Gasteiger partial charge in [-0.05, 0) is 65.8 Å². The average Bonchev–Trinajstić information content (AvgIpc) is 2.80. The van der Waals surface area contributed by atoms with Gasteiger partial charge in [0.25, 0.3) is 0 Å². The van der Waals surface area contributed by atoms with Crippen LogP contribution in [-0.2, 0) is 10.2 Å². The van der Waals surface area contributed by atoms with E-state index in [-0.39, 0.29) is 11.4 Å². The van der Waals surface area contributed by atoms with Gasteiger partial charge in [0.15, 0.2) is 11.6 Å². The number of rotatable bonds is 6. The molecule has 0 spiro atoms. The van der Waals surface area contributed by atoms with Gasteiger partial charge in [-0.15, -0.1) is 0 Å². The molecular formula is C22H26F3IN4O2S. The summed E-state index contributed by atoms with van der Waals surface area (Å²) in [5.41, 5.74) is -0.762. The topological polar surface area (TPSA) is 64.7 Å². The molecule has 2 aromatic carbocycles. The Morgan fingerprint density at radius 3 is 2.21 bits per heavy atom. The second kappa shape index (κ2) is 10.4. The van der Waals surface area contributed by atoms with Gasteiger partial charge in [-0.25, -0.2) is 13.2 Å². The van der Waals surface area contributed by atoms with Crippen molar-refractivity contribution < 1.29 is 21.6 Å². The Balaban J connectivity index is 1.50. The smallest absolute Gasteiger partial charge is 0.301 e. The van der Waals surface area contributed by atoms with E-state index in [2.05, 4.69) is 14.9 Å². The molecule has 33 heavy (non-hydrogen) atoms. The molecule has 1 aliphatic heterocycles. The summed E-state index contributed by atoms with van der Waals surface area (Å²) in [4.78, 5) is 2.34. The van der Waals surface area contributed by atoms with Crippen molar-refractivity contribution in [1.29, 1.82) is 0 Å². The third-order valence-electron chi connectivity index (χ3n) is 6.23. The van der Waals surface area contributed by atoms with Crippen LogP contribution in [0.25, 0.3) is 0 Å². The first kappa shape index (κ1) is 24.6. The van der Waals surface area contributed by atoms with E-state index in [1.54, 1.807) is 6.07 Å². The number of anilines is 3. The van der Waals surface area contributed by atoms with E-state index in [1.165, 1.54) is 35.7 Å². The number of hydrogen-bond acceptors (Lipinski definition) is 4. The number of piperazine rings is 1. The first-order valence-corrected chi connectivity index (χ1v) is 13.5. The molecule has 2 N–H and O–H groups in total. The first-order chi connectivity index (χ1) is 15.7. The third-order valence-corrected chi connectivity index (χ3v) is 8.42. The van der Waals surface area contributed by atoms with Crippen molar-refractivity contribution >= 4 is 49.9 Å². The maximum Gasteiger partial charge on any atom is 0.301 e. The molecule has 1 aliphatic carbocycles. The first-order valence-electron chi connectivity index (χ1n) is 11.0. The van der Waals surface area contributed by atoms with Gasteiger partial charge in [-0.3, -0.25) is 9.62 Å². The monoisotopic (exact) mass is 594 g/mol. The molecule has 2 fully saturated rings. The Bertz CT molecular complexity index is 1110. The van der Waals surface area contributed by atoms with Crippen molar-refractivity contribution in [2.75, 3.05) is 36.2 Å². The quantitative estimate of drug-likeness (QED) is 0.460. The molecule has 1 saturated heterocycles. The zero-order valence-electron chi connectivity index (χ0n) is 18.0. The summed E-state index contributed by atoms with van der Waals surface area (Å²) in [6.45, 7) is 1.87. The van der Waals surface area contributed by atoms with Gasteiger partial charge < -0.3 is 5.32 Å². The van der Waals surface area contributed by atoms with E-state index >= 15 is 0 Å². The van der Waals surface area contributed by atoms with Crippen molar-refractivity contribution in [2.24, 2.45) is 0 Å². The SMILES string of the molecule is O=S(=O)(Nc1ccc(F)c(F)c1Nc1ccc(I)cc1F)N1CCN(C2CCCCC2)CC1. The zero-order chi connectivity index (χ0) is 23.6. The molecular weight excluding hydrogens is 568 g/mol. The van der Waals surface area contributed by atoms with Crippen molar-refractivity contribution in [3.8, 4) is 0 Å². The molecule has 1 heterocycles. The fourth-order valence-corrected chi connectivity index (χ4v) is 6.12. The Labute approximate surface area is 205 Å². The van der Waals surface area contributed by atoms with Crippen LogP contribution in [-0.4, -0.2) is 49.8 Å². The van der Waals surface area contributed by atoms with E-state index in [4.69, 9.17) is 0 Å². The molecule has 0 bridgehead atoms. The maximum absolute atomic E-state index is 14.6. The number of nitrogens with one attached hydrogen (secondary N) is 2. The molecule has 180 valence electrons. The lowest BCUT2D eigenvalue weighted by molar-refractivity contribution is 0.111. The van der Waals surface area contributed by atoms with Gasteiger partial charge in [-0.2, -0.15) is 12.7 Å². The summed E-state index contributed by atoms with van der Waals surface area (Å²) in [5, 5.41) is 2.51. The van der Waals surface area contributed by atoms with Crippen LogP contribution in [0.5, 0.6) is 0 Å². The minimum Gasteiger partial charge on any atom is -0.349 e. The van der Waals surface area contributed by atoms with E-state index in [1.807, 2.05) is 22.6 Å². The van der Waals surface area contributed by atoms with Crippen molar-refractivity contribution in [1.82, 2.24) is 9.21 Å². The number of benzene rings is 2. The van der Waals surface area contributed by atoms with Gasteiger partial charge in [0, 0.05) is 35.8 Å². The molecule has 0 radical (unpaired) electrons. The summed E-state index contributed by atoms with van der Waals surface area (Å²) < 4.78 is 73.2. The van der Waals surface area contributed by atoms with Gasteiger partial charge in [0.05, 0.1) is 11.4 Å². The standard InChI is InChI=1S/C22H26F3IN4O2S/c23-17-7-9-20(22(21(17)25)27-19-8-6-15(26)14-18(19)24)28-33(31,32)30-12-10-29(11-13-30)16-4-2-1-3-5-16/h6-9,14,16,27-28H,1-5,10-13H2. The Hall–Kier alpha value is -1.57. The molecule has 2 aromatic rings. The molecule has 0 unspecified atom stereocenters. The minimum atomic E-state index is -4.02. The Morgan fingerprint density at radius 2 is 1.55 bits per heavy atom. The summed E-state index contributed by atoms with van der Waals surface area (Å²) in [6, 6.07) is 6.67. The van der Waals surface area contributed by atoms with Crippen LogP contribution < -0.4 is 10.0 Å². The maximum atomic E-state index is 14.6. The summed E-state index contributed by atoms with van der Waals surface area (Å²) in [6.07, 6.45) is 5.95. The highest BCUT2D eigenvalue weighted by atomic mass is 127. The predicted molar refractivity (Wildman–Crippen MR) is 131 cm³/mol. The second-order valence-corrected chi connectivity index (χ2v) is 11.3. The lowest BCUT2D eigenvalue weighted by atomic mass is 9.94. The van der Waals surface area contributed by atoms with Crippen LogP contribution >= 0.6 is 22.6 Å². The molecule has 0 aromatic heterocycles. The van der Waals surface area contributed by atoms with Crippen LogP contribution in [0.3, 0.4) is 0 Å². The zero-order valence-corrected chi connectivity index (χ0v) is 20.9. The van der Waals surface area contributed by atoms with E-state index in [0.29, 0.717) is 35.8 Å². The van der Waals surface area contributed by atoms with Crippen LogP contribution in [0.1, 0.15) is 32.1 Å². The molecule has 2 aliphatic rings. The second-order valence-electron chi connectivity index (χ2n) is 8.37. The summed E-state index contributed by atoms with van der Waals surface area (Å²) in [5.74, 6) is -3.14. The number of halogens is 4. The van der Waals surface area contributed by atoms with Gasteiger partial charge in [0.2, 0.25) is 0 Å². The van der Waals surface area contributed by atoms with Gasteiger partial charge in [0.1, 0.15) is 11.5 Å². The molecule has 0 atom stereocenters. The Kier molecular flexibility index (Phi) is 7.71. The number of nitrogens with zero attached hydrogens (tertiary/aromatic N) is 2. The molecule has 0 amide bonds. The van der Waals surface area contributed by atoms with E-state index in [9.17, 15) is 21.6 Å². The fraction of sp³-hybridized carbons (Fsp3) is 0.455. The third kappa shape index (κ3) is 5.75. The van der Waals surface area contributed by atoms with Crippen molar-refractivity contribution in [3.63, 3.8) is 0 Å². The molecule has 4 rings (SSSR count). The fourth-order valence-electron chi connectivity index (χ4n) is 4.44. The lowest BCUT2D eigenvalue weighted by Gasteiger charge is -2.40. The van der Waals surface area contributed by atoms with E-state index in [0.717, 1.165) is 25.0 Å². The average molecular weight is 594 g/mol. The highest BCUT2D eigenvalue weighted by Gasteiger charge is 2.31. The lowest BCUT2D eigenvalue weighted by Crippen LogP contribution is -2.53. The van der Waals surface area contributed by atoms with Crippen LogP contribution in [0, 0.1) is 21.0 Å². The minimum absolute atomic E-state index is 0.0959. The molecule has 11 heteroatoms. The number of hydrogen-bond donors (Lipinski definition) is 2. The van der Waals surface area contributed by atoms with Crippen molar-refractivity contribution in [2.45, 2.75) is 38.1 Å². The highest BCUT2D eigenvalue weighted by Crippen LogP contribution is 2.33. The van der Waals surface area contributed by atoms with Crippen molar-refractivity contribution in [3.05, 3.63) is 51.4 Å². The predicted octanol–water partition coefficient (Wildman–Crippen LogP) is 5.06.